The fraction of sp³-hybridized carbons (Fsp3) is 0. The van der Waals surface area contributed by atoms with E-state index in [4.69, 9.17) is 27.4 Å². The minimum Gasteiger partial charge on any atom is -0.308 e. The van der Waals surface area contributed by atoms with Crippen molar-refractivity contribution in [3.8, 4) is 66.8 Å². The number of fused-ring (bicyclic) bond motifs is 20. The Balaban J connectivity index is 0.917. The summed E-state index contributed by atoms with van der Waals surface area (Å²) in [6.07, 6.45) is 0. The molecule has 0 fully saturated rings. The predicted molar refractivity (Wildman–Crippen MR) is 354 cm³/mol. The van der Waals surface area contributed by atoms with Crippen LogP contribution in [0.5, 0.6) is 0 Å². The Morgan fingerprint density at radius 2 is 0.561 bits per heavy atom. The summed E-state index contributed by atoms with van der Waals surface area (Å²) < 4.78 is 185. The summed E-state index contributed by atoms with van der Waals surface area (Å²) in [5.74, 6) is 0. The van der Waals surface area contributed by atoms with Crippen molar-refractivity contribution >= 4 is 139 Å². The average Bonchev–Trinajstić information content (AvgIpc) is 1.51. The highest BCUT2D eigenvalue weighted by atomic mass is 32.1. The number of benzene rings is 13. The van der Waals surface area contributed by atoms with Crippen molar-refractivity contribution in [3.05, 3.63) is 266 Å². The molecule has 0 N–H and O–H groups in total. The summed E-state index contributed by atoms with van der Waals surface area (Å²) in [6.45, 7) is 0. The van der Waals surface area contributed by atoms with Crippen molar-refractivity contribution in [2.24, 2.45) is 0 Å². The van der Waals surface area contributed by atoms with Gasteiger partial charge in [0.2, 0.25) is 0 Å². The summed E-state index contributed by atoms with van der Waals surface area (Å²) >= 11 is 3.40. The third-order valence-corrected chi connectivity index (χ3v) is 18.8. The first kappa shape index (κ1) is 29.9. The van der Waals surface area contributed by atoms with Crippen LogP contribution in [-0.2, 0) is 0 Å². The number of nitrogens with zero attached hydrogens (tertiary/aromatic N) is 2. The van der Waals surface area contributed by atoms with Gasteiger partial charge < -0.3 is 8.80 Å². The fourth-order valence-corrected chi connectivity index (χ4v) is 15.5. The Kier molecular flexibility index (Phi) is 6.11. The van der Waals surface area contributed by atoms with E-state index in [1.54, 1.807) is 46.9 Å². The van der Waals surface area contributed by atoms with Gasteiger partial charge in [-0.15, -0.1) is 22.7 Å². The van der Waals surface area contributed by atoms with E-state index in [1.165, 1.54) is 12.1 Å². The zero-order valence-electron chi connectivity index (χ0n) is 62.6. The standard InChI is InChI=1S/C78H44N2S2/c1-5-17-45(18-6-1)51-33-52(46-19-7-2-8-20-46)36-55(35-51)49-29-31-57-65(39-49)79-67-41-62-64-44-72-74(60-26-14-16-28-70(60)82-72)76-58-32-30-50(56-37-53(47-21-9-3-10-22-47)34-54(38-56)48-23-11-4-12-24-48)40-66(58)80(78(64)76)68(62)42-61(67)63-43-71-73(75(57)77(63)79)59-25-13-15-27-69(59)81-71/h1-44H/i1D,2D,3D,4D,5D,6D,7D,8D,9D,10D,11D,12D,17D,18D,19D,20D,21D,22D,23D,24D. The summed E-state index contributed by atoms with van der Waals surface area (Å²) in [7, 11) is 0. The molecule has 19 rings (SSSR count). The number of thiophene rings is 2. The molecular formula is C78H44N2S2. The van der Waals surface area contributed by atoms with Crippen molar-refractivity contribution < 1.29 is 27.4 Å². The summed E-state index contributed by atoms with van der Waals surface area (Å²) in [6, 6.07) is 37.3. The van der Waals surface area contributed by atoms with Crippen molar-refractivity contribution in [1.29, 1.82) is 0 Å². The van der Waals surface area contributed by atoms with Crippen LogP contribution in [0.2, 0.25) is 0 Å². The summed E-state index contributed by atoms with van der Waals surface area (Å²) in [5.41, 5.74) is 7.77. The van der Waals surface area contributed by atoms with Crippen LogP contribution in [0.15, 0.2) is 266 Å². The van der Waals surface area contributed by atoms with Gasteiger partial charge in [-0.3, -0.25) is 0 Å². The molecule has 0 amide bonds. The molecule has 378 valence electrons. The lowest BCUT2D eigenvalue weighted by Gasteiger charge is -2.12. The SMILES string of the molecule is [2H]c1c([2H])c([2H])c(-c2cc(-c3ccc4c5c6c(cc7c8cc9c(cc8n(c4c3)c75)c3cc4sc5ccccc5c4c4c5ccc(-c7cc(-c8c([2H])c([2H])c([2H])c([2H])c8[2H])cc(-c8c([2H])c([2H])c([2H])c([2H])c8[2H])c7)cc5n9c34)sc3ccccc36)cc(-c3c([2H])c([2H])c([2H])c([2H])c3[2H])c2)c([2H])c1[2H]. The zero-order chi connectivity index (χ0) is 70.7. The molecule has 2 nitrogen and oxygen atoms in total. The van der Waals surface area contributed by atoms with E-state index in [9.17, 15) is 0 Å². The first-order chi connectivity index (χ1) is 48.9. The lowest BCUT2D eigenvalue weighted by molar-refractivity contribution is 1.36. The molecule has 0 unspecified atom stereocenters. The molecule has 0 bridgehead atoms. The largest absolute Gasteiger partial charge is 0.308 e. The summed E-state index contributed by atoms with van der Waals surface area (Å²) in [4.78, 5) is 0. The van der Waals surface area contributed by atoms with Crippen LogP contribution in [0.3, 0.4) is 0 Å². The zero-order valence-corrected chi connectivity index (χ0v) is 44.2. The second-order valence-corrected chi connectivity index (χ2v) is 23.0. The average molecular weight is 1090 g/mol. The first-order valence-electron chi connectivity index (χ1n) is 36.6. The molecule has 0 spiro atoms. The van der Waals surface area contributed by atoms with Crippen molar-refractivity contribution in [1.82, 2.24) is 8.80 Å². The smallest absolute Gasteiger partial charge is 0.0629 e. The minimum absolute atomic E-state index is 0.122. The Hall–Kier alpha value is -10.1. The molecule has 6 aromatic heterocycles. The highest BCUT2D eigenvalue weighted by Gasteiger charge is 2.27. The Morgan fingerprint density at radius 3 is 0.927 bits per heavy atom. The van der Waals surface area contributed by atoms with Crippen LogP contribution < -0.4 is 0 Å². The van der Waals surface area contributed by atoms with Gasteiger partial charge >= 0.3 is 0 Å². The predicted octanol–water partition coefficient (Wildman–Crippen LogP) is 22.7. The van der Waals surface area contributed by atoms with Gasteiger partial charge in [-0.1, -0.05) is 182 Å². The van der Waals surface area contributed by atoms with Crippen molar-refractivity contribution in [2.45, 2.75) is 0 Å². The van der Waals surface area contributed by atoms with Gasteiger partial charge in [-0.25, -0.2) is 0 Å². The van der Waals surface area contributed by atoms with Crippen LogP contribution in [0.25, 0.3) is 183 Å². The normalized spacial score (nSPS) is 15.8. The van der Waals surface area contributed by atoms with Gasteiger partial charge in [0.25, 0.3) is 0 Å². The highest BCUT2D eigenvalue weighted by Crippen LogP contribution is 2.53. The molecule has 0 aliphatic carbocycles. The Labute approximate surface area is 506 Å². The maximum atomic E-state index is 9.12. The van der Waals surface area contributed by atoms with E-state index in [2.05, 4.69) is 81.6 Å². The first-order valence-corrected chi connectivity index (χ1v) is 28.2. The van der Waals surface area contributed by atoms with Gasteiger partial charge in [-0.2, -0.15) is 0 Å². The second kappa shape index (κ2) is 16.7. The lowest BCUT2D eigenvalue weighted by Crippen LogP contribution is -1.88. The Morgan fingerprint density at radius 1 is 0.232 bits per heavy atom. The quantitative estimate of drug-likeness (QED) is 0.157. The van der Waals surface area contributed by atoms with E-state index >= 15 is 0 Å². The lowest BCUT2D eigenvalue weighted by atomic mass is 9.93. The third-order valence-electron chi connectivity index (χ3n) is 16.6. The molecule has 13 aromatic carbocycles. The van der Waals surface area contributed by atoms with Crippen molar-refractivity contribution in [2.75, 3.05) is 0 Å². The summed E-state index contributed by atoms with van der Waals surface area (Å²) in [5, 5.41) is 12.1. The molecular weight excluding hydrogens is 1030 g/mol. The monoisotopic (exact) mass is 1090 g/mol. The van der Waals surface area contributed by atoms with Gasteiger partial charge in [0, 0.05) is 83.4 Å². The molecule has 19 aromatic rings. The molecule has 0 aliphatic rings. The van der Waals surface area contributed by atoms with E-state index in [1.807, 2.05) is 36.4 Å². The molecule has 0 radical (unpaired) electrons. The van der Waals surface area contributed by atoms with Gasteiger partial charge in [0.15, 0.2) is 0 Å². The third kappa shape index (κ3) is 6.28. The maximum Gasteiger partial charge on any atom is 0.0629 e. The molecule has 6 heterocycles. The van der Waals surface area contributed by atoms with Crippen LogP contribution in [0.4, 0.5) is 0 Å². The van der Waals surface area contributed by atoms with Crippen LogP contribution in [-0.4, -0.2) is 8.80 Å². The van der Waals surface area contributed by atoms with Gasteiger partial charge in [-0.05, 0) is 152 Å². The fourth-order valence-electron chi connectivity index (χ4n) is 13.2. The maximum absolute atomic E-state index is 9.12. The highest BCUT2D eigenvalue weighted by molar-refractivity contribution is 7.26. The second-order valence-electron chi connectivity index (χ2n) is 20.9. The molecule has 4 heteroatoms. The van der Waals surface area contributed by atoms with Crippen LogP contribution in [0, 0.1) is 0 Å². The van der Waals surface area contributed by atoms with Crippen LogP contribution in [0.1, 0.15) is 27.4 Å². The van der Waals surface area contributed by atoms with Crippen LogP contribution >= 0.6 is 22.7 Å². The minimum atomic E-state index is -0.580. The molecule has 0 atom stereocenters. The van der Waals surface area contributed by atoms with Crippen molar-refractivity contribution in [3.63, 3.8) is 0 Å². The van der Waals surface area contributed by atoms with E-state index in [-0.39, 0.29) is 44.5 Å². The molecule has 0 saturated heterocycles. The van der Waals surface area contributed by atoms with Gasteiger partial charge in [0.1, 0.15) is 0 Å². The number of hydrogen-bond donors (Lipinski definition) is 0. The Bertz CT molecular complexity index is 6430. The van der Waals surface area contributed by atoms with E-state index in [0.29, 0.717) is 22.3 Å². The topological polar surface area (TPSA) is 8.82 Å². The molecule has 82 heavy (non-hydrogen) atoms. The van der Waals surface area contributed by atoms with Gasteiger partial charge in [0.05, 0.1) is 60.5 Å². The number of aromatic nitrogens is 2. The molecule has 0 saturated carbocycles. The van der Waals surface area contributed by atoms with E-state index in [0.717, 1.165) is 117 Å². The van der Waals surface area contributed by atoms with E-state index < -0.39 is 121 Å². The number of hydrogen-bond acceptors (Lipinski definition) is 2. The number of rotatable bonds is 6. The molecule has 0 aliphatic heterocycles.